The van der Waals surface area contributed by atoms with Crippen LogP contribution >= 0.6 is 92.8 Å². The number of pyridine rings is 2. The maximum absolute atomic E-state index is 9.17. The third kappa shape index (κ3) is 21.7. The molecule has 30 heteroatoms. The van der Waals surface area contributed by atoms with Crippen molar-refractivity contribution in [1.29, 1.82) is 10.5 Å². The molecule has 0 amide bonds. The molecule has 0 atom stereocenters. The summed E-state index contributed by atoms with van der Waals surface area (Å²) in [5.41, 5.74) is 8.39. The summed E-state index contributed by atoms with van der Waals surface area (Å²) < 4.78 is 0. The average molecular weight is 1680 g/mol. The van der Waals surface area contributed by atoms with Gasteiger partial charge in [-0.15, -0.1) is 0 Å². The Balaban J connectivity index is 0.000000134. The number of para-hydroxylation sites is 5. The second-order valence-electron chi connectivity index (χ2n) is 24.9. The van der Waals surface area contributed by atoms with Gasteiger partial charge in [0.25, 0.3) is 0 Å². The van der Waals surface area contributed by atoms with Gasteiger partial charge in [-0.05, 0) is 158 Å². The molecule has 16 rings (SSSR count). The lowest BCUT2D eigenvalue weighted by atomic mass is 10.2. The molecule has 0 bridgehead atoms. The number of aromatic amines is 1. The highest BCUT2D eigenvalue weighted by Gasteiger charge is 2.18. The molecule has 7 heterocycles. The van der Waals surface area contributed by atoms with Crippen molar-refractivity contribution >= 4 is 183 Å². The minimum absolute atomic E-state index is 0.490. The standard InChI is InChI=1S/2C22H16Cl2N6.C22H18Cl2N4.C19H16Cl2N6/c23-15-7-8-16(18(24)12-15)22-29-19-6-2-1-5-17(19)21(30-22)28-11-10-27-20-14(13-25)4-3-9-26-20;23-15-5-6-16(18(24)12-15)22-29-19-4-2-1-3-17(19)21(30-22)28-10-9-27-20-11-14(13-25)7-8-26-20;23-15-10-11-17(19(24)14-15)22-27-20-9-5-4-8-18(20)21(28-22)26-13-12-25-16-6-2-1-3-7-16;20-12-5-6-13(15(21)11-12)18-26-16-4-2-1-3-14(16)17(27-18)22-7-8-23-19-24-9-10-25-19/h1-9,12H,10-11H2,(H,26,27)(H,28,29,30);1-8,11-12H,9-10H2,(H,26,27)(H,28,29,30);1-11,14,25H,12-13H2,(H,26,27,28);1-6,9-11H,7-8H2,(H,22,26,27)(H2,23,24,25). The lowest BCUT2D eigenvalue weighted by molar-refractivity contribution is 1.03. The van der Waals surface area contributed by atoms with Crippen molar-refractivity contribution in [3.8, 4) is 57.7 Å². The number of benzene rings is 9. The minimum Gasteiger partial charge on any atom is -0.383 e. The first kappa shape index (κ1) is 80.6. The van der Waals surface area contributed by atoms with E-state index in [1.807, 2.05) is 152 Å². The lowest BCUT2D eigenvalue weighted by Gasteiger charge is -2.12. The summed E-state index contributed by atoms with van der Waals surface area (Å²) in [7, 11) is 0. The Labute approximate surface area is 701 Å². The molecular weight excluding hydrogens is 1610 g/mol. The zero-order valence-electron chi connectivity index (χ0n) is 60.7. The molecule has 115 heavy (non-hydrogen) atoms. The molecule has 0 fully saturated rings. The number of hydrogen-bond donors (Lipinski definition) is 9. The van der Waals surface area contributed by atoms with Gasteiger partial charge in [0.1, 0.15) is 41.0 Å². The third-order valence-electron chi connectivity index (χ3n) is 17.1. The quantitative estimate of drug-likeness (QED) is 0.0254. The predicted octanol–water partition coefficient (Wildman–Crippen LogP) is 21.8. The Morgan fingerprint density at radius 3 is 1.03 bits per heavy atom. The number of aromatic nitrogens is 12. The van der Waals surface area contributed by atoms with E-state index >= 15 is 0 Å². The number of imidazole rings is 1. The molecule has 0 spiro atoms. The van der Waals surface area contributed by atoms with Crippen molar-refractivity contribution in [3.05, 3.63) is 301 Å². The maximum atomic E-state index is 9.17. The first-order chi connectivity index (χ1) is 56.2. The van der Waals surface area contributed by atoms with Crippen LogP contribution in [0.4, 0.5) is 46.5 Å². The van der Waals surface area contributed by atoms with Gasteiger partial charge in [0.15, 0.2) is 29.2 Å². The molecule has 0 saturated heterocycles. The zero-order valence-corrected chi connectivity index (χ0v) is 66.7. The summed E-state index contributed by atoms with van der Waals surface area (Å²) in [6.07, 6.45) is 6.73. The van der Waals surface area contributed by atoms with Gasteiger partial charge < -0.3 is 47.5 Å². The molecule has 7 aromatic heterocycles. The number of anilines is 8. The van der Waals surface area contributed by atoms with Gasteiger partial charge >= 0.3 is 0 Å². The van der Waals surface area contributed by atoms with Crippen molar-refractivity contribution < 1.29 is 0 Å². The number of hydrogen-bond acceptors (Lipinski definition) is 21. The fourth-order valence-corrected chi connectivity index (χ4v) is 13.6. The average Bonchev–Trinajstić information content (AvgIpc) is 1.10. The highest BCUT2D eigenvalue weighted by molar-refractivity contribution is 6.38. The van der Waals surface area contributed by atoms with Crippen LogP contribution in [0.25, 0.3) is 89.2 Å². The molecule has 16 aromatic rings. The number of nitrogens with zero attached hydrogens (tertiary/aromatic N) is 13. The van der Waals surface area contributed by atoms with Crippen molar-refractivity contribution in [1.82, 2.24) is 59.8 Å². The first-order valence-electron chi connectivity index (χ1n) is 35.8. The fourth-order valence-electron chi connectivity index (χ4n) is 11.6. The first-order valence-corrected chi connectivity index (χ1v) is 38.8. The van der Waals surface area contributed by atoms with E-state index in [-0.39, 0.29) is 0 Å². The lowest BCUT2D eigenvalue weighted by Crippen LogP contribution is -2.16. The van der Waals surface area contributed by atoms with E-state index in [0.717, 1.165) is 84.6 Å². The van der Waals surface area contributed by atoms with Gasteiger partial charge in [-0.2, -0.15) is 10.5 Å². The second-order valence-corrected chi connectivity index (χ2v) is 28.3. The largest absolute Gasteiger partial charge is 0.383 e. The predicted molar refractivity (Wildman–Crippen MR) is 471 cm³/mol. The van der Waals surface area contributed by atoms with Crippen LogP contribution < -0.4 is 42.5 Å². The Morgan fingerprint density at radius 2 is 0.661 bits per heavy atom. The van der Waals surface area contributed by atoms with E-state index in [1.54, 1.807) is 97.6 Å². The highest BCUT2D eigenvalue weighted by atomic mass is 35.5. The van der Waals surface area contributed by atoms with Gasteiger partial charge in [-0.1, -0.05) is 160 Å². The number of rotatable bonds is 24. The van der Waals surface area contributed by atoms with Gasteiger partial charge in [0, 0.05) is 147 Å². The summed E-state index contributed by atoms with van der Waals surface area (Å²) in [6.45, 7) is 5.13. The molecule has 0 unspecified atom stereocenters. The van der Waals surface area contributed by atoms with E-state index < -0.39 is 0 Å². The molecule has 0 aliphatic heterocycles. The van der Waals surface area contributed by atoms with Crippen LogP contribution in [0.3, 0.4) is 0 Å². The fraction of sp³-hybridized carbons (Fsp3) is 0.0941. The molecule has 0 aliphatic rings. The number of fused-ring (bicyclic) bond motifs is 4. The molecule has 572 valence electrons. The Morgan fingerprint density at radius 1 is 0.296 bits per heavy atom. The third-order valence-corrected chi connectivity index (χ3v) is 19.3. The summed E-state index contributed by atoms with van der Waals surface area (Å²) in [5, 5.41) is 52.6. The van der Waals surface area contributed by atoms with E-state index in [4.69, 9.17) is 123 Å². The minimum atomic E-state index is 0.490. The normalized spacial score (nSPS) is 10.7. The van der Waals surface area contributed by atoms with Crippen molar-refractivity contribution in [2.24, 2.45) is 0 Å². The van der Waals surface area contributed by atoms with Gasteiger partial charge in [0.05, 0.1) is 59.4 Å². The van der Waals surface area contributed by atoms with Crippen molar-refractivity contribution in [2.75, 3.05) is 94.9 Å². The zero-order chi connectivity index (χ0) is 79.8. The summed E-state index contributed by atoms with van der Waals surface area (Å²) in [4.78, 5) is 53.0. The number of nitriles is 2. The number of halogens is 8. The Hall–Kier alpha value is -12.5. The summed E-state index contributed by atoms with van der Waals surface area (Å²) in [6, 6.07) is 73.6. The molecule has 0 saturated carbocycles. The van der Waals surface area contributed by atoms with E-state index in [1.165, 1.54) is 0 Å². The monoisotopic (exact) mass is 1670 g/mol. The Bertz CT molecular complexity index is 6160. The van der Waals surface area contributed by atoms with Gasteiger partial charge in [-0.3, -0.25) is 0 Å². The molecule has 9 N–H and O–H groups in total. The SMILES string of the molecule is Clc1ccc(-c2nc(NCCNc3ccccc3)c3ccccc3n2)c(Cl)c1.Clc1ccc(-c2nc(NCCNc3ncc[nH]3)c3ccccc3n2)c(Cl)c1.N#Cc1cccnc1NCCNc1nc(-c2ccc(Cl)cc2Cl)nc2ccccc12.N#Cc1ccnc(NCCNc2nc(-c3ccc(Cl)cc3Cl)nc3ccccc23)c1. The van der Waals surface area contributed by atoms with Crippen molar-refractivity contribution in [3.63, 3.8) is 0 Å². The second kappa shape index (κ2) is 39.8. The number of nitrogens with one attached hydrogen (secondary N) is 9. The molecule has 0 radical (unpaired) electrons. The van der Waals surface area contributed by atoms with Crippen LogP contribution in [0.2, 0.25) is 40.2 Å². The van der Waals surface area contributed by atoms with Crippen LogP contribution in [0.15, 0.2) is 249 Å². The van der Waals surface area contributed by atoms with E-state index in [0.29, 0.717) is 155 Å². The molecule has 22 nitrogen and oxygen atoms in total. The van der Waals surface area contributed by atoms with Crippen molar-refractivity contribution in [2.45, 2.75) is 0 Å². The van der Waals surface area contributed by atoms with E-state index in [2.05, 4.69) is 94.5 Å². The maximum Gasteiger partial charge on any atom is 0.200 e. The highest BCUT2D eigenvalue weighted by Crippen LogP contribution is 2.36. The molecular formula is C85H66Cl8N22. The topological polar surface area (TPSA) is 301 Å². The van der Waals surface area contributed by atoms with Crippen LogP contribution in [-0.2, 0) is 0 Å². The molecule has 0 aliphatic carbocycles. The van der Waals surface area contributed by atoms with E-state index in [9.17, 15) is 0 Å². The summed E-state index contributed by atoms with van der Waals surface area (Å²) >= 11 is 49.5. The smallest absolute Gasteiger partial charge is 0.200 e. The molecule has 9 aromatic carbocycles. The van der Waals surface area contributed by atoms with Gasteiger partial charge in [-0.25, -0.2) is 54.8 Å². The van der Waals surface area contributed by atoms with Gasteiger partial charge in [0.2, 0.25) is 0 Å². The summed E-state index contributed by atoms with van der Waals surface area (Å²) in [5.74, 6) is 7.04. The van der Waals surface area contributed by atoms with Crippen LogP contribution in [0.5, 0.6) is 0 Å². The van der Waals surface area contributed by atoms with Crippen LogP contribution in [0.1, 0.15) is 11.1 Å². The number of H-pyrrole nitrogens is 1. The Kier molecular flexibility index (Phi) is 27.9. The van der Waals surface area contributed by atoms with Crippen LogP contribution in [0, 0.1) is 22.7 Å². The van der Waals surface area contributed by atoms with Crippen LogP contribution in [-0.4, -0.2) is 112 Å².